The third kappa shape index (κ3) is 3.76. The van der Waals surface area contributed by atoms with E-state index in [1.54, 1.807) is 23.1 Å². The Kier molecular flexibility index (Phi) is 4.71. The second-order valence-electron chi connectivity index (χ2n) is 5.39. The first-order valence-corrected chi connectivity index (χ1v) is 8.25. The van der Waals surface area contributed by atoms with Crippen LogP contribution in [0.15, 0.2) is 47.1 Å². The summed E-state index contributed by atoms with van der Waals surface area (Å²) in [7, 11) is 0. The summed E-state index contributed by atoms with van der Waals surface area (Å²) in [5.74, 6) is -0.374. The molecule has 0 atom stereocenters. The minimum Gasteiger partial charge on any atom is -0.337 e. The van der Waals surface area contributed by atoms with Crippen LogP contribution in [0, 0.1) is 0 Å². The number of nitrogens with zero attached hydrogens (tertiary/aromatic N) is 2. The van der Waals surface area contributed by atoms with Crippen LogP contribution in [0.4, 0.5) is 5.69 Å². The summed E-state index contributed by atoms with van der Waals surface area (Å²) in [6, 6.07) is 10.5. The predicted molar refractivity (Wildman–Crippen MR) is 91.5 cm³/mol. The van der Waals surface area contributed by atoms with Crippen molar-refractivity contribution in [3.63, 3.8) is 0 Å². The topological polar surface area (TPSA) is 62.3 Å². The fourth-order valence-electron chi connectivity index (χ4n) is 2.54. The van der Waals surface area contributed by atoms with E-state index in [1.165, 1.54) is 6.20 Å². The second kappa shape index (κ2) is 6.91. The van der Waals surface area contributed by atoms with Gasteiger partial charge in [0.15, 0.2) is 0 Å². The van der Waals surface area contributed by atoms with Crippen molar-refractivity contribution in [1.82, 2.24) is 9.88 Å². The van der Waals surface area contributed by atoms with Gasteiger partial charge in [0, 0.05) is 35.0 Å². The van der Waals surface area contributed by atoms with Crippen LogP contribution < -0.4 is 5.32 Å². The normalized spacial score (nSPS) is 13.9. The lowest BCUT2D eigenvalue weighted by Gasteiger charge is -2.14. The lowest BCUT2D eigenvalue weighted by molar-refractivity contribution is 0.0787. The molecule has 118 valence electrons. The van der Waals surface area contributed by atoms with Crippen molar-refractivity contribution in [2.45, 2.75) is 12.8 Å². The molecule has 1 fully saturated rings. The SMILES string of the molecule is O=C(Nc1cccc(Br)c1)c1ccnc(C(=O)N2CCCC2)c1. The Balaban J connectivity index is 1.76. The molecule has 1 saturated heterocycles. The molecule has 2 amide bonds. The number of halogens is 1. The molecule has 1 aromatic carbocycles. The van der Waals surface area contributed by atoms with Gasteiger partial charge in [0.05, 0.1) is 0 Å². The average molecular weight is 374 g/mol. The summed E-state index contributed by atoms with van der Waals surface area (Å²) < 4.78 is 0.884. The molecule has 1 aliphatic rings. The van der Waals surface area contributed by atoms with E-state index in [0.29, 0.717) is 16.9 Å². The Hall–Kier alpha value is -2.21. The molecule has 6 heteroatoms. The summed E-state index contributed by atoms with van der Waals surface area (Å²) in [5, 5.41) is 2.81. The van der Waals surface area contributed by atoms with Crippen LogP contribution in [0.2, 0.25) is 0 Å². The van der Waals surface area contributed by atoms with E-state index in [4.69, 9.17) is 0 Å². The smallest absolute Gasteiger partial charge is 0.272 e. The first-order chi connectivity index (χ1) is 11.1. The molecule has 23 heavy (non-hydrogen) atoms. The molecule has 2 heterocycles. The molecule has 1 aromatic heterocycles. The van der Waals surface area contributed by atoms with Gasteiger partial charge in [-0.05, 0) is 43.2 Å². The van der Waals surface area contributed by atoms with Crippen molar-refractivity contribution in [1.29, 1.82) is 0 Å². The van der Waals surface area contributed by atoms with E-state index in [-0.39, 0.29) is 11.8 Å². The van der Waals surface area contributed by atoms with Gasteiger partial charge in [-0.25, -0.2) is 0 Å². The van der Waals surface area contributed by atoms with Crippen molar-refractivity contribution in [3.8, 4) is 0 Å². The van der Waals surface area contributed by atoms with Gasteiger partial charge in [-0.15, -0.1) is 0 Å². The number of nitrogens with one attached hydrogen (secondary N) is 1. The summed E-state index contributed by atoms with van der Waals surface area (Å²) in [5.41, 5.74) is 1.42. The van der Waals surface area contributed by atoms with Gasteiger partial charge >= 0.3 is 0 Å². The van der Waals surface area contributed by atoms with Crippen LogP contribution in [0.1, 0.15) is 33.7 Å². The highest BCUT2D eigenvalue weighted by Crippen LogP contribution is 2.17. The number of amides is 2. The van der Waals surface area contributed by atoms with Crippen LogP contribution in [-0.2, 0) is 0 Å². The number of anilines is 1. The maximum absolute atomic E-state index is 12.4. The Morgan fingerprint density at radius 2 is 1.91 bits per heavy atom. The summed E-state index contributed by atoms with van der Waals surface area (Å²) in [6.45, 7) is 1.52. The van der Waals surface area contributed by atoms with Gasteiger partial charge in [0.2, 0.25) is 0 Å². The van der Waals surface area contributed by atoms with Crippen LogP contribution in [0.3, 0.4) is 0 Å². The molecule has 2 aromatic rings. The van der Waals surface area contributed by atoms with Crippen LogP contribution in [0.5, 0.6) is 0 Å². The Bertz CT molecular complexity index is 742. The highest BCUT2D eigenvalue weighted by atomic mass is 79.9. The number of carbonyl (C=O) groups is 2. The molecule has 0 radical (unpaired) electrons. The average Bonchev–Trinajstić information content (AvgIpc) is 3.09. The number of rotatable bonds is 3. The monoisotopic (exact) mass is 373 g/mol. The Morgan fingerprint density at radius 3 is 2.65 bits per heavy atom. The number of hydrogen-bond donors (Lipinski definition) is 1. The molecule has 0 bridgehead atoms. The zero-order chi connectivity index (χ0) is 16.2. The highest BCUT2D eigenvalue weighted by Gasteiger charge is 2.21. The van der Waals surface area contributed by atoms with E-state index in [0.717, 1.165) is 30.4 Å². The number of benzene rings is 1. The number of carbonyl (C=O) groups excluding carboxylic acids is 2. The highest BCUT2D eigenvalue weighted by molar-refractivity contribution is 9.10. The number of aromatic nitrogens is 1. The largest absolute Gasteiger partial charge is 0.337 e. The van der Waals surface area contributed by atoms with E-state index >= 15 is 0 Å². The van der Waals surface area contributed by atoms with Crippen molar-refractivity contribution < 1.29 is 9.59 Å². The number of pyridine rings is 1. The molecule has 1 N–H and O–H groups in total. The summed E-state index contributed by atoms with van der Waals surface area (Å²) in [6.07, 6.45) is 3.54. The number of likely N-dealkylation sites (tertiary alicyclic amines) is 1. The Morgan fingerprint density at radius 1 is 1.13 bits per heavy atom. The van der Waals surface area contributed by atoms with Crippen molar-refractivity contribution in [2.75, 3.05) is 18.4 Å². The molecule has 0 aliphatic carbocycles. The van der Waals surface area contributed by atoms with Crippen molar-refractivity contribution >= 4 is 33.4 Å². The van der Waals surface area contributed by atoms with Gasteiger partial charge in [-0.1, -0.05) is 22.0 Å². The summed E-state index contributed by atoms with van der Waals surface area (Å²) in [4.78, 5) is 30.6. The summed E-state index contributed by atoms with van der Waals surface area (Å²) >= 11 is 3.37. The van der Waals surface area contributed by atoms with Gasteiger partial charge in [0.25, 0.3) is 11.8 Å². The van der Waals surface area contributed by atoms with Gasteiger partial charge < -0.3 is 10.2 Å². The molecule has 1 aliphatic heterocycles. The molecule has 0 unspecified atom stereocenters. The minimum absolute atomic E-state index is 0.111. The molecule has 0 saturated carbocycles. The standard InChI is InChI=1S/C17H16BrN3O2/c18-13-4-3-5-14(11-13)20-16(22)12-6-7-19-15(10-12)17(23)21-8-1-2-9-21/h3-7,10-11H,1-2,8-9H2,(H,20,22). The van der Waals surface area contributed by atoms with Crippen LogP contribution in [0.25, 0.3) is 0 Å². The maximum atomic E-state index is 12.4. The lowest BCUT2D eigenvalue weighted by Crippen LogP contribution is -2.28. The van der Waals surface area contributed by atoms with Crippen molar-refractivity contribution in [2.24, 2.45) is 0 Å². The zero-order valence-corrected chi connectivity index (χ0v) is 14.0. The molecule has 0 spiro atoms. The van der Waals surface area contributed by atoms with E-state index in [2.05, 4.69) is 26.2 Å². The maximum Gasteiger partial charge on any atom is 0.272 e. The van der Waals surface area contributed by atoms with Crippen LogP contribution in [-0.4, -0.2) is 34.8 Å². The van der Waals surface area contributed by atoms with Gasteiger partial charge in [-0.2, -0.15) is 0 Å². The zero-order valence-electron chi connectivity index (χ0n) is 12.5. The predicted octanol–water partition coefficient (Wildman–Crippen LogP) is 3.33. The van der Waals surface area contributed by atoms with Gasteiger partial charge in [-0.3, -0.25) is 14.6 Å². The van der Waals surface area contributed by atoms with Crippen LogP contribution >= 0.6 is 15.9 Å². The molecular formula is C17H16BrN3O2. The van der Waals surface area contributed by atoms with E-state index in [1.807, 2.05) is 18.2 Å². The fraction of sp³-hybridized carbons (Fsp3) is 0.235. The third-order valence-electron chi connectivity index (χ3n) is 3.72. The number of hydrogen-bond acceptors (Lipinski definition) is 3. The second-order valence-corrected chi connectivity index (χ2v) is 6.31. The third-order valence-corrected chi connectivity index (χ3v) is 4.21. The molecule has 3 rings (SSSR count). The Labute approximate surface area is 142 Å². The minimum atomic E-state index is -0.263. The van der Waals surface area contributed by atoms with E-state index < -0.39 is 0 Å². The first-order valence-electron chi connectivity index (χ1n) is 7.46. The van der Waals surface area contributed by atoms with Crippen molar-refractivity contribution in [3.05, 3.63) is 58.3 Å². The van der Waals surface area contributed by atoms with E-state index in [9.17, 15) is 9.59 Å². The molecule has 5 nitrogen and oxygen atoms in total. The lowest BCUT2D eigenvalue weighted by atomic mass is 10.2. The first kappa shape index (κ1) is 15.7. The van der Waals surface area contributed by atoms with Gasteiger partial charge in [0.1, 0.15) is 5.69 Å². The quantitative estimate of drug-likeness (QED) is 0.897. The fourth-order valence-corrected chi connectivity index (χ4v) is 2.94. The molecular weight excluding hydrogens is 358 g/mol.